The highest BCUT2D eigenvalue weighted by Gasteiger charge is 2.19. The molecule has 0 bridgehead atoms. The third kappa shape index (κ3) is 2.73. The van der Waals surface area contributed by atoms with Crippen LogP contribution in [0.25, 0.3) is 0 Å². The Bertz CT molecular complexity index is 356. The molecule has 0 spiro atoms. The summed E-state index contributed by atoms with van der Waals surface area (Å²) in [5, 5.41) is 0. The summed E-state index contributed by atoms with van der Waals surface area (Å²) in [5.41, 5.74) is 2.81. The zero-order valence-electron chi connectivity index (χ0n) is 10.2. The van der Waals surface area contributed by atoms with E-state index in [0.29, 0.717) is 0 Å². The van der Waals surface area contributed by atoms with Crippen LogP contribution in [0, 0.1) is 0 Å². The van der Waals surface area contributed by atoms with E-state index in [4.69, 9.17) is 0 Å². The highest BCUT2D eigenvalue weighted by molar-refractivity contribution is 5.25. The van der Waals surface area contributed by atoms with E-state index in [1.54, 1.807) is 0 Å². The van der Waals surface area contributed by atoms with E-state index in [0.717, 1.165) is 19.0 Å². The van der Waals surface area contributed by atoms with Crippen LogP contribution < -0.4 is 0 Å². The van der Waals surface area contributed by atoms with Crippen molar-refractivity contribution in [3.05, 3.63) is 48.0 Å². The number of nitrogens with zero attached hydrogens (tertiary/aromatic N) is 1. The zero-order chi connectivity index (χ0) is 11.4. The van der Waals surface area contributed by atoms with E-state index in [9.17, 15) is 0 Å². The van der Waals surface area contributed by atoms with Crippen LogP contribution in [0.4, 0.5) is 0 Å². The Balaban J connectivity index is 2.03. The van der Waals surface area contributed by atoms with Crippen molar-refractivity contribution in [3.8, 4) is 0 Å². The predicted molar refractivity (Wildman–Crippen MR) is 69.4 cm³/mol. The summed E-state index contributed by atoms with van der Waals surface area (Å²) in [4.78, 5) is 2.58. The number of rotatable bonds is 4. The minimum Gasteiger partial charge on any atom is -0.296 e. The van der Waals surface area contributed by atoms with Gasteiger partial charge in [-0.2, -0.15) is 0 Å². The smallest absolute Gasteiger partial charge is 0.0236 e. The van der Waals surface area contributed by atoms with Crippen LogP contribution in [0.15, 0.2) is 36.9 Å². The first-order chi connectivity index (χ1) is 7.79. The molecule has 1 heterocycles. The van der Waals surface area contributed by atoms with Crippen LogP contribution in [0.5, 0.6) is 0 Å². The van der Waals surface area contributed by atoms with E-state index in [1.165, 1.54) is 30.5 Å². The second-order valence-corrected chi connectivity index (χ2v) is 4.77. The number of hydrogen-bond acceptors (Lipinski definition) is 1. The summed E-state index contributed by atoms with van der Waals surface area (Å²) in [7, 11) is 0. The van der Waals surface area contributed by atoms with Crippen LogP contribution in [-0.2, 0) is 13.0 Å². The standard InChI is InChI=1S/C15H21N/c1-3-6-14-8-4-9-15(11-14)12-16-10-5-7-13(16)2/h3-4,8-9,11,13H,1,5-7,10,12H2,2H3. The fourth-order valence-corrected chi connectivity index (χ4v) is 2.48. The summed E-state index contributed by atoms with van der Waals surface area (Å²) in [6.07, 6.45) is 5.65. The molecule has 1 nitrogen and oxygen atoms in total. The molecule has 1 aliphatic rings. The van der Waals surface area contributed by atoms with Crippen molar-refractivity contribution in [2.75, 3.05) is 6.54 Å². The molecule has 0 radical (unpaired) electrons. The Morgan fingerprint density at radius 1 is 1.44 bits per heavy atom. The van der Waals surface area contributed by atoms with Crippen LogP contribution in [-0.4, -0.2) is 17.5 Å². The maximum Gasteiger partial charge on any atom is 0.0236 e. The molecule has 1 aromatic carbocycles. The highest BCUT2D eigenvalue weighted by atomic mass is 15.2. The maximum absolute atomic E-state index is 3.79. The van der Waals surface area contributed by atoms with E-state index in [-0.39, 0.29) is 0 Å². The lowest BCUT2D eigenvalue weighted by molar-refractivity contribution is 0.260. The minimum absolute atomic E-state index is 0.753. The van der Waals surface area contributed by atoms with E-state index in [2.05, 4.69) is 42.7 Å². The van der Waals surface area contributed by atoms with Gasteiger partial charge in [0, 0.05) is 12.6 Å². The van der Waals surface area contributed by atoms with Gasteiger partial charge in [-0.05, 0) is 43.9 Å². The van der Waals surface area contributed by atoms with Crippen molar-refractivity contribution in [2.24, 2.45) is 0 Å². The Morgan fingerprint density at radius 3 is 2.94 bits per heavy atom. The zero-order valence-corrected chi connectivity index (χ0v) is 10.2. The largest absolute Gasteiger partial charge is 0.296 e. The van der Waals surface area contributed by atoms with Gasteiger partial charge in [0.05, 0.1) is 0 Å². The topological polar surface area (TPSA) is 3.24 Å². The van der Waals surface area contributed by atoms with Crippen LogP contribution in [0.3, 0.4) is 0 Å². The van der Waals surface area contributed by atoms with Crippen LogP contribution in [0.1, 0.15) is 30.9 Å². The first-order valence-corrected chi connectivity index (χ1v) is 6.22. The second-order valence-electron chi connectivity index (χ2n) is 4.77. The second kappa shape index (κ2) is 5.31. The Kier molecular flexibility index (Phi) is 3.79. The molecule has 86 valence electrons. The predicted octanol–water partition coefficient (Wildman–Crippen LogP) is 3.40. The molecule has 1 aromatic rings. The van der Waals surface area contributed by atoms with Crippen molar-refractivity contribution in [1.29, 1.82) is 0 Å². The lowest BCUT2D eigenvalue weighted by Crippen LogP contribution is -2.26. The SMILES string of the molecule is C=CCc1cccc(CN2CCCC2C)c1. The Labute approximate surface area is 98.8 Å². The van der Waals surface area contributed by atoms with Gasteiger partial charge in [0.1, 0.15) is 0 Å². The van der Waals surface area contributed by atoms with Gasteiger partial charge in [0.15, 0.2) is 0 Å². The van der Waals surface area contributed by atoms with Gasteiger partial charge in [0.25, 0.3) is 0 Å². The van der Waals surface area contributed by atoms with Gasteiger partial charge in [-0.1, -0.05) is 30.3 Å². The average Bonchev–Trinajstić information content (AvgIpc) is 2.66. The molecule has 1 saturated heterocycles. The third-order valence-corrected chi connectivity index (χ3v) is 3.45. The third-order valence-electron chi connectivity index (χ3n) is 3.45. The fraction of sp³-hybridized carbons (Fsp3) is 0.467. The lowest BCUT2D eigenvalue weighted by Gasteiger charge is -2.21. The molecular formula is C15H21N. The number of likely N-dealkylation sites (tertiary alicyclic amines) is 1. The molecule has 0 N–H and O–H groups in total. The van der Waals surface area contributed by atoms with Crippen LogP contribution >= 0.6 is 0 Å². The molecule has 1 fully saturated rings. The van der Waals surface area contributed by atoms with E-state index in [1.807, 2.05) is 6.08 Å². The normalized spacial score (nSPS) is 21.2. The molecule has 1 heteroatoms. The van der Waals surface area contributed by atoms with Gasteiger partial charge < -0.3 is 0 Å². The summed E-state index contributed by atoms with van der Waals surface area (Å²) in [5.74, 6) is 0. The summed E-state index contributed by atoms with van der Waals surface area (Å²) in [6.45, 7) is 8.48. The maximum atomic E-state index is 3.79. The Hall–Kier alpha value is -1.08. The molecule has 0 aliphatic carbocycles. The van der Waals surface area contributed by atoms with Crippen LogP contribution in [0.2, 0.25) is 0 Å². The fourth-order valence-electron chi connectivity index (χ4n) is 2.48. The molecule has 1 unspecified atom stereocenters. The number of benzene rings is 1. The molecule has 16 heavy (non-hydrogen) atoms. The molecule has 2 rings (SSSR count). The quantitative estimate of drug-likeness (QED) is 0.696. The Morgan fingerprint density at radius 2 is 2.25 bits per heavy atom. The van der Waals surface area contributed by atoms with Gasteiger partial charge in [-0.3, -0.25) is 4.90 Å². The average molecular weight is 215 g/mol. The van der Waals surface area contributed by atoms with Crippen molar-refractivity contribution in [2.45, 2.75) is 38.8 Å². The minimum atomic E-state index is 0.753. The van der Waals surface area contributed by atoms with Gasteiger partial charge in [-0.15, -0.1) is 6.58 Å². The van der Waals surface area contributed by atoms with Crippen molar-refractivity contribution >= 4 is 0 Å². The first kappa shape index (κ1) is 11.4. The summed E-state index contributed by atoms with van der Waals surface area (Å²) >= 11 is 0. The molecular weight excluding hydrogens is 194 g/mol. The van der Waals surface area contributed by atoms with Crippen molar-refractivity contribution < 1.29 is 0 Å². The number of hydrogen-bond donors (Lipinski definition) is 0. The summed E-state index contributed by atoms with van der Waals surface area (Å²) in [6, 6.07) is 9.64. The molecule has 0 aromatic heterocycles. The molecule has 0 saturated carbocycles. The monoisotopic (exact) mass is 215 g/mol. The molecule has 1 aliphatic heterocycles. The molecule has 0 amide bonds. The van der Waals surface area contributed by atoms with Gasteiger partial charge in [-0.25, -0.2) is 0 Å². The first-order valence-electron chi connectivity index (χ1n) is 6.22. The number of allylic oxidation sites excluding steroid dienone is 1. The van der Waals surface area contributed by atoms with Crippen molar-refractivity contribution in [3.63, 3.8) is 0 Å². The van der Waals surface area contributed by atoms with Gasteiger partial charge in [0.2, 0.25) is 0 Å². The highest BCUT2D eigenvalue weighted by Crippen LogP contribution is 2.19. The lowest BCUT2D eigenvalue weighted by atomic mass is 10.1. The van der Waals surface area contributed by atoms with E-state index < -0.39 is 0 Å². The van der Waals surface area contributed by atoms with E-state index >= 15 is 0 Å². The van der Waals surface area contributed by atoms with Gasteiger partial charge >= 0.3 is 0 Å². The molecule has 1 atom stereocenters. The summed E-state index contributed by atoms with van der Waals surface area (Å²) < 4.78 is 0. The van der Waals surface area contributed by atoms with Crippen molar-refractivity contribution in [1.82, 2.24) is 4.90 Å².